The van der Waals surface area contributed by atoms with Crippen molar-refractivity contribution in [2.24, 2.45) is 0 Å². The number of anilines is 1. The van der Waals surface area contributed by atoms with Crippen LogP contribution in [0.1, 0.15) is 21.7 Å². The Kier molecular flexibility index (Phi) is 8.62. The average Bonchev–Trinajstić information content (AvgIpc) is 3.21. The molecule has 0 aliphatic rings. The lowest BCUT2D eigenvalue weighted by molar-refractivity contribution is -0.112. The number of carbonyl (C=O) groups is 1. The van der Waals surface area contributed by atoms with Crippen LogP contribution in [-0.2, 0) is 4.79 Å². The maximum Gasteiger partial charge on any atom is 0.268 e. The third kappa shape index (κ3) is 6.56. The van der Waals surface area contributed by atoms with Crippen LogP contribution in [0.25, 0.3) is 6.08 Å². The maximum atomic E-state index is 12.5. The fourth-order valence-electron chi connectivity index (χ4n) is 3.05. The fraction of sp³-hybridized carbons (Fsp3) is 0.250. The van der Waals surface area contributed by atoms with Crippen molar-refractivity contribution in [3.05, 3.63) is 62.1 Å². The van der Waals surface area contributed by atoms with Gasteiger partial charge in [-0.25, -0.2) is 0 Å². The van der Waals surface area contributed by atoms with Crippen molar-refractivity contribution < 1.29 is 19.0 Å². The number of hydrogen-bond acceptors (Lipinski definition) is 8. The summed E-state index contributed by atoms with van der Waals surface area (Å²) >= 11 is 4.71. The fourth-order valence-corrected chi connectivity index (χ4v) is 4.21. The molecule has 0 aliphatic carbocycles. The maximum absolute atomic E-state index is 12.5. The minimum atomic E-state index is -0.572. The van der Waals surface area contributed by atoms with Gasteiger partial charge in [-0.05, 0) is 72.1 Å². The van der Waals surface area contributed by atoms with E-state index in [1.807, 2.05) is 32.0 Å². The molecule has 0 atom stereocenters. The molecule has 3 aromatic rings. The molecular formula is C24H23BrN4O4S. The third-order valence-corrected chi connectivity index (χ3v) is 5.94. The summed E-state index contributed by atoms with van der Waals surface area (Å²) in [4.78, 5) is 12.5. The highest BCUT2D eigenvalue weighted by Gasteiger charge is 2.15. The summed E-state index contributed by atoms with van der Waals surface area (Å²) < 4.78 is 17.8. The van der Waals surface area contributed by atoms with Crippen LogP contribution in [0.5, 0.6) is 17.2 Å². The minimum absolute atomic E-state index is 0.0858. The molecule has 10 heteroatoms. The summed E-state index contributed by atoms with van der Waals surface area (Å²) in [6.07, 6.45) is 1.46. The van der Waals surface area contributed by atoms with Crippen LogP contribution >= 0.6 is 27.3 Å². The van der Waals surface area contributed by atoms with Crippen molar-refractivity contribution in [2.75, 3.05) is 25.6 Å². The summed E-state index contributed by atoms with van der Waals surface area (Å²) in [5.74, 6) is 1.19. The molecule has 1 amide bonds. The first-order valence-electron chi connectivity index (χ1n) is 10.2. The number of nitrogens with one attached hydrogen (secondary N) is 1. The topological polar surface area (TPSA) is 106 Å². The highest BCUT2D eigenvalue weighted by atomic mass is 79.9. The predicted octanol–water partition coefficient (Wildman–Crippen LogP) is 5.24. The van der Waals surface area contributed by atoms with Gasteiger partial charge in [0.05, 0.1) is 11.6 Å². The molecule has 0 fully saturated rings. The van der Waals surface area contributed by atoms with E-state index in [0.717, 1.165) is 11.3 Å². The Hall–Kier alpha value is -3.42. The van der Waals surface area contributed by atoms with E-state index in [4.69, 9.17) is 14.2 Å². The lowest BCUT2D eigenvalue weighted by Gasteiger charge is -2.15. The highest BCUT2D eigenvalue weighted by Crippen LogP contribution is 2.37. The van der Waals surface area contributed by atoms with Crippen LogP contribution in [0, 0.1) is 32.1 Å². The van der Waals surface area contributed by atoms with Gasteiger partial charge in [0.25, 0.3) is 5.91 Å². The van der Waals surface area contributed by atoms with Crippen LogP contribution in [0.2, 0.25) is 0 Å². The normalized spacial score (nSPS) is 11.0. The molecule has 0 bridgehead atoms. The van der Waals surface area contributed by atoms with Gasteiger partial charge in [-0.1, -0.05) is 29.0 Å². The zero-order chi connectivity index (χ0) is 24.7. The van der Waals surface area contributed by atoms with Gasteiger partial charge < -0.3 is 14.2 Å². The minimum Gasteiger partial charge on any atom is -0.493 e. The molecule has 0 spiro atoms. The highest BCUT2D eigenvalue weighted by molar-refractivity contribution is 9.10. The summed E-state index contributed by atoms with van der Waals surface area (Å²) in [6.45, 7) is 6.46. The number of ether oxygens (including phenoxy) is 3. The van der Waals surface area contributed by atoms with Crippen LogP contribution in [0.3, 0.4) is 0 Å². The lowest BCUT2D eigenvalue weighted by Crippen LogP contribution is -2.13. The van der Waals surface area contributed by atoms with Gasteiger partial charge in [0.15, 0.2) is 11.5 Å². The van der Waals surface area contributed by atoms with Gasteiger partial charge in [0.2, 0.25) is 5.13 Å². The number of hydrogen-bond donors (Lipinski definition) is 1. The number of methoxy groups -OCH3 is 1. The van der Waals surface area contributed by atoms with Crippen LogP contribution in [-0.4, -0.2) is 36.4 Å². The molecule has 1 N–H and O–H groups in total. The van der Waals surface area contributed by atoms with E-state index in [9.17, 15) is 10.1 Å². The summed E-state index contributed by atoms with van der Waals surface area (Å²) in [7, 11) is 1.52. The van der Waals surface area contributed by atoms with E-state index in [1.54, 1.807) is 19.1 Å². The first-order valence-corrected chi connectivity index (χ1v) is 11.8. The SMILES string of the molecule is COc1cc(/C=C(/C#N)C(=O)Nc2nnc(C)s2)cc(Br)c1OCCOc1ccc(C)cc1C. The Bertz CT molecular complexity index is 1270. The van der Waals surface area contributed by atoms with Crippen molar-refractivity contribution in [3.63, 3.8) is 0 Å². The van der Waals surface area contributed by atoms with Gasteiger partial charge in [0.1, 0.15) is 35.6 Å². The zero-order valence-electron chi connectivity index (χ0n) is 19.1. The Balaban J connectivity index is 1.69. The van der Waals surface area contributed by atoms with Crippen LogP contribution in [0.15, 0.2) is 40.4 Å². The van der Waals surface area contributed by atoms with Gasteiger partial charge in [0, 0.05) is 0 Å². The molecule has 0 saturated carbocycles. The summed E-state index contributed by atoms with van der Waals surface area (Å²) in [5.41, 5.74) is 2.74. The van der Waals surface area contributed by atoms with E-state index in [2.05, 4.69) is 37.5 Å². The largest absolute Gasteiger partial charge is 0.493 e. The van der Waals surface area contributed by atoms with E-state index in [1.165, 1.54) is 30.1 Å². The summed E-state index contributed by atoms with van der Waals surface area (Å²) in [5, 5.41) is 20.8. The number of carbonyl (C=O) groups excluding carboxylic acids is 1. The van der Waals surface area contributed by atoms with E-state index < -0.39 is 5.91 Å². The first kappa shape index (κ1) is 25.2. The Morgan fingerprint density at radius 2 is 1.91 bits per heavy atom. The van der Waals surface area contributed by atoms with Gasteiger partial charge in [-0.2, -0.15) is 5.26 Å². The second-order valence-electron chi connectivity index (χ2n) is 7.25. The molecule has 0 saturated heterocycles. The lowest BCUT2D eigenvalue weighted by atomic mass is 10.1. The third-order valence-electron chi connectivity index (χ3n) is 4.59. The quantitative estimate of drug-likeness (QED) is 0.224. The molecule has 2 aromatic carbocycles. The number of nitriles is 1. The van der Waals surface area contributed by atoms with Crippen LogP contribution < -0.4 is 19.5 Å². The van der Waals surface area contributed by atoms with E-state index >= 15 is 0 Å². The molecule has 8 nitrogen and oxygen atoms in total. The number of amides is 1. The molecule has 1 aromatic heterocycles. The Morgan fingerprint density at radius 1 is 1.15 bits per heavy atom. The van der Waals surface area contributed by atoms with Crippen molar-refractivity contribution in [1.29, 1.82) is 5.26 Å². The Morgan fingerprint density at radius 3 is 2.56 bits per heavy atom. The standard InChI is InChI=1S/C24H23BrN4O4S/c1-14-5-6-20(15(2)9-14)32-7-8-33-22-19(25)11-17(12-21(22)31-4)10-18(13-26)23(30)27-24-29-28-16(3)34-24/h5-6,9-12H,7-8H2,1-4H3,(H,27,29,30)/b18-10-. The molecule has 1 heterocycles. The second kappa shape index (κ2) is 11.6. The van der Waals surface area contributed by atoms with Crippen molar-refractivity contribution in [1.82, 2.24) is 10.2 Å². The molecular weight excluding hydrogens is 520 g/mol. The van der Waals surface area contributed by atoms with Crippen molar-refractivity contribution in [3.8, 4) is 23.3 Å². The molecule has 3 rings (SSSR count). The van der Waals surface area contributed by atoms with Gasteiger partial charge in [-0.3, -0.25) is 10.1 Å². The molecule has 34 heavy (non-hydrogen) atoms. The Labute approximate surface area is 210 Å². The van der Waals surface area contributed by atoms with E-state index in [-0.39, 0.29) is 5.57 Å². The molecule has 0 radical (unpaired) electrons. The smallest absolute Gasteiger partial charge is 0.268 e. The molecule has 0 unspecified atom stereocenters. The van der Waals surface area contributed by atoms with Crippen molar-refractivity contribution in [2.45, 2.75) is 20.8 Å². The number of halogens is 1. The first-order chi connectivity index (χ1) is 16.3. The monoisotopic (exact) mass is 542 g/mol. The van der Waals surface area contributed by atoms with Gasteiger partial charge in [-0.15, -0.1) is 10.2 Å². The number of aryl methyl sites for hydroxylation is 3. The number of rotatable bonds is 9. The average molecular weight is 543 g/mol. The zero-order valence-corrected chi connectivity index (χ0v) is 21.5. The van der Waals surface area contributed by atoms with E-state index in [0.29, 0.717) is 44.9 Å². The second-order valence-corrected chi connectivity index (χ2v) is 9.29. The number of nitrogens with zero attached hydrogens (tertiary/aromatic N) is 3. The van der Waals surface area contributed by atoms with Gasteiger partial charge >= 0.3 is 0 Å². The van der Waals surface area contributed by atoms with Crippen molar-refractivity contribution >= 4 is 44.4 Å². The number of aromatic nitrogens is 2. The molecule has 176 valence electrons. The summed E-state index contributed by atoms with van der Waals surface area (Å²) in [6, 6.07) is 11.3. The number of benzene rings is 2. The predicted molar refractivity (Wildman–Crippen MR) is 134 cm³/mol. The van der Waals surface area contributed by atoms with Crippen LogP contribution in [0.4, 0.5) is 5.13 Å². The molecule has 0 aliphatic heterocycles.